The fraction of sp³-hybridized carbons (Fsp3) is 0.474. The monoisotopic (exact) mass is 344 g/mol. The number of esters is 1. The Hall–Kier alpha value is -2.34. The van der Waals surface area contributed by atoms with Crippen LogP contribution in [0.2, 0.25) is 0 Å². The van der Waals surface area contributed by atoms with Crippen molar-refractivity contribution in [1.82, 2.24) is 10.2 Å². The van der Waals surface area contributed by atoms with Crippen LogP contribution in [0.5, 0.6) is 0 Å². The largest absolute Gasteiger partial charge is 0.463 e. The van der Waals surface area contributed by atoms with E-state index in [4.69, 9.17) is 4.74 Å². The van der Waals surface area contributed by atoms with E-state index in [0.717, 1.165) is 11.1 Å². The van der Waals surface area contributed by atoms with Crippen molar-refractivity contribution in [1.29, 1.82) is 0 Å². The van der Waals surface area contributed by atoms with Crippen molar-refractivity contribution >= 4 is 5.97 Å². The molecule has 3 rings (SSSR count). The van der Waals surface area contributed by atoms with Crippen LogP contribution in [0.1, 0.15) is 49.1 Å². The fourth-order valence-electron chi connectivity index (χ4n) is 3.69. The van der Waals surface area contributed by atoms with Gasteiger partial charge in [0.2, 0.25) is 0 Å². The zero-order valence-electron chi connectivity index (χ0n) is 14.9. The molecule has 6 heteroatoms. The molecule has 0 spiro atoms. The van der Waals surface area contributed by atoms with E-state index in [1.807, 2.05) is 31.2 Å². The van der Waals surface area contributed by atoms with Gasteiger partial charge in [0.15, 0.2) is 0 Å². The summed E-state index contributed by atoms with van der Waals surface area (Å²) < 4.78 is 5.41. The van der Waals surface area contributed by atoms with E-state index in [1.54, 1.807) is 20.8 Å². The van der Waals surface area contributed by atoms with Gasteiger partial charge >= 0.3 is 5.97 Å². The van der Waals surface area contributed by atoms with Crippen molar-refractivity contribution in [2.45, 2.75) is 51.7 Å². The molecule has 6 nitrogen and oxygen atoms in total. The minimum Gasteiger partial charge on any atom is -0.463 e. The SMILES string of the molecule is Cc1ccc([C@@H]2c3c([nH][nH]c3=O)C[C@@](C)(O)[C@@H]2C(=O)OC(C)C)cc1. The summed E-state index contributed by atoms with van der Waals surface area (Å²) in [4.78, 5) is 25.2. The van der Waals surface area contributed by atoms with E-state index >= 15 is 0 Å². The molecule has 3 N–H and O–H groups in total. The third kappa shape index (κ3) is 3.14. The smallest absolute Gasteiger partial charge is 0.313 e. The van der Waals surface area contributed by atoms with Gasteiger partial charge in [-0.2, -0.15) is 0 Å². The number of ether oxygens (including phenoxy) is 1. The summed E-state index contributed by atoms with van der Waals surface area (Å²) in [5.41, 5.74) is 1.42. The molecule has 0 radical (unpaired) electrons. The molecule has 0 fully saturated rings. The molecule has 1 heterocycles. The highest BCUT2D eigenvalue weighted by atomic mass is 16.5. The Kier molecular flexibility index (Phi) is 4.33. The number of benzene rings is 1. The van der Waals surface area contributed by atoms with E-state index in [9.17, 15) is 14.7 Å². The number of aromatic nitrogens is 2. The molecule has 0 aliphatic heterocycles. The van der Waals surface area contributed by atoms with Crippen LogP contribution in [0.4, 0.5) is 0 Å². The summed E-state index contributed by atoms with van der Waals surface area (Å²) in [6.07, 6.45) is -0.116. The Morgan fingerprint density at radius 3 is 2.52 bits per heavy atom. The van der Waals surface area contributed by atoms with Gasteiger partial charge in [0.25, 0.3) is 5.56 Å². The second kappa shape index (κ2) is 6.19. The Morgan fingerprint density at radius 1 is 1.28 bits per heavy atom. The number of carbonyl (C=O) groups excluding carboxylic acids is 1. The number of fused-ring (bicyclic) bond motifs is 1. The predicted octanol–water partition coefficient (Wildman–Crippen LogP) is 2.02. The lowest BCUT2D eigenvalue weighted by Gasteiger charge is -2.40. The normalized spacial score (nSPS) is 25.7. The van der Waals surface area contributed by atoms with Crippen LogP contribution in [0, 0.1) is 12.8 Å². The molecule has 0 amide bonds. The van der Waals surface area contributed by atoms with E-state index in [1.165, 1.54) is 0 Å². The number of hydrogen-bond acceptors (Lipinski definition) is 4. The third-order valence-electron chi connectivity index (χ3n) is 4.79. The molecular formula is C19H24N2O4. The molecular weight excluding hydrogens is 320 g/mol. The molecule has 1 aromatic carbocycles. The van der Waals surface area contributed by atoms with Crippen LogP contribution in [0.15, 0.2) is 29.1 Å². The maximum absolute atomic E-state index is 12.8. The number of aromatic amines is 2. The fourth-order valence-corrected chi connectivity index (χ4v) is 3.69. The highest BCUT2D eigenvalue weighted by Gasteiger charge is 2.51. The zero-order valence-corrected chi connectivity index (χ0v) is 14.9. The zero-order chi connectivity index (χ0) is 18.4. The molecule has 0 saturated heterocycles. The van der Waals surface area contributed by atoms with Crippen LogP contribution in [0.3, 0.4) is 0 Å². The maximum Gasteiger partial charge on any atom is 0.313 e. The number of H-pyrrole nitrogens is 2. The Morgan fingerprint density at radius 2 is 1.92 bits per heavy atom. The average molecular weight is 344 g/mol. The van der Waals surface area contributed by atoms with Gasteiger partial charge in [0, 0.05) is 23.6 Å². The average Bonchev–Trinajstić information content (AvgIpc) is 2.85. The number of carbonyl (C=O) groups is 1. The second-order valence-corrected chi connectivity index (χ2v) is 7.36. The van der Waals surface area contributed by atoms with Crippen molar-refractivity contribution in [2.24, 2.45) is 5.92 Å². The number of aryl methyl sites for hydroxylation is 1. The van der Waals surface area contributed by atoms with Gasteiger partial charge in [-0.25, -0.2) is 0 Å². The molecule has 1 aliphatic carbocycles. The van der Waals surface area contributed by atoms with E-state index in [-0.39, 0.29) is 18.1 Å². The predicted molar refractivity (Wildman–Crippen MR) is 93.5 cm³/mol. The molecule has 0 unspecified atom stereocenters. The van der Waals surface area contributed by atoms with Crippen LogP contribution >= 0.6 is 0 Å². The summed E-state index contributed by atoms with van der Waals surface area (Å²) in [5.74, 6) is -1.92. The van der Waals surface area contributed by atoms with Crippen molar-refractivity contribution in [3.8, 4) is 0 Å². The minimum atomic E-state index is -1.33. The molecule has 25 heavy (non-hydrogen) atoms. The number of nitrogens with one attached hydrogen (secondary N) is 2. The summed E-state index contributed by atoms with van der Waals surface area (Å²) in [6, 6.07) is 7.66. The van der Waals surface area contributed by atoms with E-state index < -0.39 is 23.4 Å². The van der Waals surface area contributed by atoms with Crippen molar-refractivity contribution in [3.05, 3.63) is 57.0 Å². The molecule has 134 valence electrons. The molecule has 1 aromatic heterocycles. The molecule has 0 bridgehead atoms. The quantitative estimate of drug-likeness (QED) is 0.742. The van der Waals surface area contributed by atoms with Crippen molar-refractivity contribution in [3.63, 3.8) is 0 Å². The van der Waals surface area contributed by atoms with Gasteiger partial charge in [-0.05, 0) is 33.3 Å². The lowest BCUT2D eigenvalue weighted by molar-refractivity contribution is -0.163. The lowest BCUT2D eigenvalue weighted by Crippen LogP contribution is -2.50. The topological polar surface area (TPSA) is 95.2 Å². The van der Waals surface area contributed by atoms with E-state index in [2.05, 4.69) is 10.2 Å². The van der Waals surface area contributed by atoms with Gasteiger partial charge in [0.05, 0.1) is 17.6 Å². The standard InChI is InChI=1S/C19H24N2O4/c1-10(2)25-18(23)16-14(12-7-5-11(3)6-8-12)15-13(9-19(16,4)24)20-21-17(15)22/h5-8,10,14,16,24H,9H2,1-4H3,(H2,20,21,22)/t14-,16+,19-/m1/s1. The Balaban J connectivity index is 2.18. The van der Waals surface area contributed by atoms with Crippen LogP contribution in [-0.4, -0.2) is 33.0 Å². The molecule has 2 aromatic rings. The number of rotatable bonds is 3. The highest BCUT2D eigenvalue weighted by Crippen LogP contribution is 2.44. The van der Waals surface area contributed by atoms with Gasteiger partial charge in [0.1, 0.15) is 0 Å². The molecule has 3 atom stereocenters. The summed E-state index contributed by atoms with van der Waals surface area (Å²) >= 11 is 0. The van der Waals surface area contributed by atoms with Crippen molar-refractivity contribution in [2.75, 3.05) is 0 Å². The van der Waals surface area contributed by atoms with Crippen LogP contribution in [-0.2, 0) is 16.0 Å². The van der Waals surface area contributed by atoms with Gasteiger partial charge < -0.3 is 14.9 Å². The summed E-state index contributed by atoms with van der Waals surface area (Å²) in [5, 5.41) is 16.5. The van der Waals surface area contributed by atoms with Crippen molar-refractivity contribution < 1.29 is 14.6 Å². The lowest BCUT2D eigenvalue weighted by atomic mass is 9.66. The van der Waals surface area contributed by atoms with Crippen LogP contribution < -0.4 is 5.56 Å². The third-order valence-corrected chi connectivity index (χ3v) is 4.79. The first-order chi connectivity index (χ1) is 11.7. The van der Waals surface area contributed by atoms with Crippen LogP contribution in [0.25, 0.3) is 0 Å². The first kappa shape index (κ1) is 17.5. The van der Waals surface area contributed by atoms with Gasteiger partial charge in [-0.15, -0.1) is 0 Å². The Bertz CT molecular complexity index is 830. The molecule has 1 aliphatic rings. The maximum atomic E-state index is 12.8. The van der Waals surface area contributed by atoms with Gasteiger partial charge in [-0.3, -0.25) is 14.7 Å². The Labute approximate surface area is 146 Å². The summed E-state index contributed by atoms with van der Waals surface area (Å²) in [7, 11) is 0. The number of aliphatic hydroxyl groups is 1. The van der Waals surface area contributed by atoms with E-state index in [0.29, 0.717) is 11.3 Å². The molecule has 0 saturated carbocycles. The van der Waals surface area contributed by atoms with Gasteiger partial charge in [-0.1, -0.05) is 29.8 Å². The second-order valence-electron chi connectivity index (χ2n) is 7.36. The number of hydrogen-bond donors (Lipinski definition) is 3. The first-order valence-corrected chi connectivity index (χ1v) is 8.49. The summed E-state index contributed by atoms with van der Waals surface area (Å²) in [6.45, 7) is 7.13. The first-order valence-electron chi connectivity index (χ1n) is 8.49. The highest BCUT2D eigenvalue weighted by molar-refractivity contribution is 5.77. The minimum absolute atomic E-state index is 0.182.